The number of alkyl halides is 4. The molecule has 1 aromatic heterocycles. The molecule has 21 heavy (non-hydrogen) atoms. The highest BCUT2D eigenvalue weighted by atomic mass is 35.5. The number of fused-ring (bicyclic) bond motifs is 1. The maximum Gasteiger partial charge on any atom is 0.324 e. The summed E-state index contributed by atoms with van der Waals surface area (Å²) in [7, 11) is 0. The molecule has 1 N–H and O–H groups in total. The molecule has 0 fully saturated rings. The molecule has 0 aliphatic heterocycles. The van der Waals surface area contributed by atoms with E-state index in [0.29, 0.717) is 10.8 Å². The molecule has 0 saturated heterocycles. The molecule has 0 aliphatic rings. The first-order chi connectivity index (χ1) is 9.81. The van der Waals surface area contributed by atoms with Crippen molar-refractivity contribution in [2.45, 2.75) is 12.3 Å². The molecular weight excluding hydrogens is 312 g/mol. The zero-order chi connectivity index (χ0) is 15.6. The van der Waals surface area contributed by atoms with Gasteiger partial charge in [-0.2, -0.15) is 8.78 Å². The van der Waals surface area contributed by atoms with E-state index in [4.69, 9.17) is 11.6 Å². The van der Waals surface area contributed by atoms with E-state index < -0.39 is 24.8 Å². The van der Waals surface area contributed by atoms with Crippen LogP contribution in [-0.4, -0.2) is 29.8 Å². The van der Waals surface area contributed by atoms with Crippen LogP contribution in [0, 0.1) is 0 Å². The van der Waals surface area contributed by atoms with Crippen LogP contribution < -0.4 is 5.32 Å². The number of hydrogen-bond acceptors (Lipinski definition) is 2. The largest absolute Gasteiger partial charge is 0.344 e. The highest BCUT2D eigenvalue weighted by molar-refractivity contribution is 6.34. The van der Waals surface area contributed by atoms with Crippen LogP contribution in [0.15, 0.2) is 30.3 Å². The van der Waals surface area contributed by atoms with Crippen molar-refractivity contribution in [1.29, 1.82) is 0 Å². The summed E-state index contributed by atoms with van der Waals surface area (Å²) in [5.74, 6) is -5.29. The minimum Gasteiger partial charge on any atom is -0.344 e. The van der Waals surface area contributed by atoms with Gasteiger partial charge in [-0.3, -0.25) is 4.79 Å². The van der Waals surface area contributed by atoms with Gasteiger partial charge in [0.1, 0.15) is 10.8 Å². The molecule has 3 nitrogen and oxygen atoms in total. The first-order valence-corrected chi connectivity index (χ1v) is 6.18. The van der Waals surface area contributed by atoms with Gasteiger partial charge in [0.25, 0.3) is 5.91 Å². The summed E-state index contributed by atoms with van der Waals surface area (Å²) in [5, 5.41) is 2.93. The van der Waals surface area contributed by atoms with Gasteiger partial charge < -0.3 is 5.32 Å². The van der Waals surface area contributed by atoms with E-state index in [0.717, 1.165) is 0 Å². The summed E-state index contributed by atoms with van der Waals surface area (Å²) in [4.78, 5) is 15.5. The van der Waals surface area contributed by atoms with Crippen molar-refractivity contribution in [2.75, 3.05) is 6.54 Å². The fourth-order valence-electron chi connectivity index (χ4n) is 1.64. The Morgan fingerprint density at radius 1 is 1.33 bits per heavy atom. The Labute approximate surface area is 121 Å². The van der Waals surface area contributed by atoms with Crippen molar-refractivity contribution >= 4 is 28.3 Å². The monoisotopic (exact) mass is 320 g/mol. The second-order valence-electron chi connectivity index (χ2n) is 4.26. The van der Waals surface area contributed by atoms with Crippen molar-refractivity contribution in [3.63, 3.8) is 0 Å². The lowest BCUT2D eigenvalue weighted by atomic mass is 10.1. The number of amides is 1. The molecule has 0 saturated carbocycles. The smallest absolute Gasteiger partial charge is 0.324 e. The third-order valence-electron chi connectivity index (χ3n) is 2.73. The van der Waals surface area contributed by atoms with Gasteiger partial charge in [-0.1, -0.05) is 35.9 Å². The van der Waals surface area contributed by atoms with E-state index >= 15 is 0 Å². The van der Waals surface area contributed by atoms with Gasteiger partial charge >= 0.3 is 12.3 Å². The standard InChI is InChI=1S/C13H9ClF4N2O/c14-10-8-4-2-1-3-7(8)5-9(20-10)11(21)19-6-13(17,18)12(15)16/h1-5,12H,6H2,(H,19,21). The summed E-state index contributed by atoms with van der Waals surface area (Å²) >= 11 is 5.89. The lowest BCUT2D eigenvalue weighted by Crippen LogP contribution is -2.41. The molecule has 1 heterocycles. The quantitative estimate of drug-likeness (QED) is 0.692. The topological polar surface area (TPSA) is 42.0 Å². The lowest BCUT2D eigenvalue weighted by Gasteiger charge is -2.15. The first-order valence-electron chi connectivity index (χ1n) is 5.81. The second-order valence-corrected chi connectivity index (χ2v) is 4.62. The van der Waals surface area contributed by atoms with Crippen LogP contribution in [0.5, 0.6) is 0 Å². The summed E-state index contributed by atoms with van der Waals surface area (Å²) in [5.41, 5.74) is -0.219. The van der Waals surface area contributed by atoms with Crippen LogP contribution in [-0.2, 0) is 0 Å². The molecule has 2 rings (SSSR count). The number of benzene rings is 1. The predicted octanol–water partition coefficient (Wildman–Crippen LogP) is 3.52. The van der Waals surface area contributed by atoms with E-state index in [-0.39, 0.29) is 10.8 Å². The van der Waals surface area contributed by atoms with Crippen LogP contribution in [0.2, 0.25) is 5.15 Å². The second kappa shape index (κ2) is 5.85. The molecule has 112 valence electrons. The average Bonchev–Trinajstić information content (AvgIpc) is 2.44. The highest BCUT2D eigenvalue weighted by Gasteiger charge is 2.40. The molecule has 0 atom stereocenters. The van der Waals surface area contributed by atoms with Crippen molar-refractivity contribution in [3.8, 4) is 0 Å². The van der Waals surface area contributed by atoms with Crippen molar-refractivity contribution in [3.05, 3.63) is 41.2 Å². The van der Waals surface area contributed by atoms with Crippen LogP contribution in [0.25, 0.3) is 10.8 Å². The van der Waals surface area contributed by atoms with Gasteiger partial charge in [0.2, 0.25) is 0 Å². The normalized spacial score (nSPS) is 11.9. The number of aromatic nitrogens is 1. The Hall–Kier alpha value is -1.89. The van der Waals surface area contributed by atoms with Crippen LogP contribution in [0.3, 0.4) is 0 Å². The molecule has 2 aromatic rings. The Morgan fingerprint density at radius 2 is 2.00 bits per heavy atom. The van der Waals surface area contributed by atoms with E-state index in [1.165, 1.54) is 6.07 Å². The summed E-state index contributed by atoms with van der Waals surface area (Å²) in [6.07, 6.45) is -3.86. The Balaban J connectivity index is 2.20. The van der Waals surface area contributed by atoms with Crippen LogP contribution in [0.1, 0.15) is 10.5 Å². The van der Waals surface area contributed by atoms with E-state index in [1.54, 1.807) is 29.6 Å². The lowest BCUT2D eigenvalue weighted by molar-refractivity contribution is -0.123. The minimum atomic E-state index is -4.30. The van der Waals surface area contributed by atoms with E-state index in [1.807, 2.05) is 0 Å². The molecule has 1 amide bonds. The van der Waals surface area contributed by atoms with Crippen LogP contribution in [0.4, 0.5) is 17.6 Å². The Kier molecular flexibility index (Phi) is 4.32. The fraction of sp³-hybridized carbons (Fsp3) is 0.231. The van der Waals surface area contributed by atoms with Gasteiger partial charge in [0.15, 0.2) is 0 Å². The van der Waals surface area contributed by atoms with Gasteiger partial charge in [-0.15, -0.1) is 0 Å². The predicted molar refractivity (Wildman–Crippen MR) is 70.0 cm³/mol. The van der Waals surface area contributed by atoms with Crippen LogP contribution >= 0.6 is 11.6 Å². The molecule has 0 spiro atoms. The van der Waals surface area contributed by atoms with E-state index in [2.05, 4.69) is 4.98 Å². The number of carbonyl (C=O) groups is 1. The highest BCUT2D eigenvalue weighted by Crippen LogP contribution is 2.23. The maximum atomic E-state index is 12.7. The van der Waals surface area contributed by atoms with Gasteiger partial charge in [-0.05, 0) is 11.5 Å². The zero-order valence-corrected chi connectivity index (χ0v) is 11.2. The SMILES string of the molecule is O=C(NCC(F)(F)C(F)F)c1cc2ccccc2c(Cl)n1. The summed E-state index contributed by atoms with van der Waals surface area (Å²) in [6, 6.07) is 8.10. The van der Waals surface area contributed by atoms with Crippen molar-refractivity contribution < 1.29 is 22.4 Å². The molecule has 8 heteroatoms. The first kappa shape index (κ1) is 15.5. The Bertz CT molecular complexity index is 678. The number of rotatable bonds is 4. The maximum absolute atomic E-state index is 12.7. The van der Waals surface area contributed by atoms with Gasteiger partial charge in [0.05, 0.1) is 6.54 Å². The van der Waals surface area contributed by atoms with Crippen molar-refractivity contribution in [2.24, 2.45) is 0 Å². The fourth-order valence-corrected chi connectivity index (χ4v) is 1.90. The Morgan fingerprint density at radius 3 is 2.67 bits per heavy atom. The van der Waals surface area contributed by atoms with E-state index in [9.17, 15) is 22.4 Å². The third kappa shape index (κ3) is 3.41. The number of nitrogens with zero attached hydrogens (tertiary/aromatic N) is 1. The molecule has 0 radical (unpaired) electrons. The zero-order valence-electron chi connectivity index (χ0n) is 10.4. The van der Waals surface area contributed by atoms with Gasteiger partial charge in [-0.25, -0.2) is 13.8 Å². The molecule has 1 aromatic carbocycles. The number of nitrogens with one attached hydrogen (secondary N) is 1. The number of pyridine rings is 1. The molecule has 0 unspecified atom stereocenters. The number of halogens is 5. The minimum absolute atomic E-state index is 0.0267. The third-order valence-corrected chi connectivity index (χ3v) is 3.02. The molecule has 0 aliphatic carbocycles. The molecule has 0 bridgehead atoms. The number of hydrogen-bond donors (Lipinski definition) is 1. The van der Waals surface area contributed by atoms with Gasteiger partial charge in [0, 0.05) is 5.39 Å². The average molecular weight is 321 g/mol. The van der Waals surface area contributed by atoms with Crippen molar-refractivity contribution in [1.82, 2.24) is 10.3 Å². The summed E-state index contributed by atoms with van der Waals surface area (Å²) in [6.45, 7) is -1.48. The molecular formula is C13H9ClF4N2O. The summed E-state index contributed by atoms with van der Waals surface area (Å²) < 4.78 is 49.5. The number of carbonyl (C=O) groups excluding carboxylic acids is 1.